The summed E-state index contributed by atoms with van der Waals surface area (Å²) in [6, 6.07) is 13.9. The molecule has 0 aliphatic carbocycles. The summed E-state index contributed by atoms with van der Waals surface area (Å²) in [6.45, 7) is 2.34. The summed E-state index contributed by atoms with van der Waals surface area (Å²) in [5.41, 5.74) is 1.77. The molecule has 0 N–H and O–H groups in total. The number of amides is 1. The van der Waals surface area contributed by atoms with Crippen LogP contribution in [0.5, 0.6) is 11.5 Å². The standard InChI is InChI=1S/C24H27ClN2O3/c1-29-20-8-4-9-21(30-2)22(20)19-13-17-15-26(14-16-6-3-7-18(25)12-16)23(28)24(17)10-5-11-27(19)24/h3-4,6-9,12,17,19H,5,10-11,13-15H2,1-2H3/t17-,19-,24-/m0/s1. The molecule has 1 spiro atoms. The third-order valence-corrected chi connectivity index (χ3v) is 7.42. The smallest absolute Gasteiger partial charge is 0.243 e. The lowest BCUT2D eigenvalue weighted by Gasteiger charge is -2.34. The highest BCUT2D eigenvalue weighted by Gasteiger charge is 2.65. The second-order valence-corrected chi connectivity index (χ2v) is 9.00. The zero-order chi connectivity index (χ0) is 20.9. The van der Waals surface area contributed by atoms with Crippen LogP contribution in [-0.2, 0) is 11.3 Å². The average molecular weight is 427 g/mol. The minimum atomic E-state index is -0.394. The van der Waals surface area contributed by atoms with Crippen molar-refractivity contribution in [1.29, 1.82) is 0 Å². The molecule has 3 atom stereocenters. The highest BCUT2D eigenvalue weighted by atomic mass is 35.5. The van der Waals surface area contributed by atoms with Crippen molar-refractivity contribution in [3.63, 3.8) is 0 Å². The summed E-state index contributed by atoms with van der Waals surface area (Å²) in [4.78, 5) is 18.2. The summed E-state index contributed by atoms with van der Waals surface area (Å²) in [7, 11) is 3.40. The Morgan fingerprint density at radius 1 is 1.13 bits per heavy atom. The molecular formula is C24H27ClN2O3. The number of hydrogen-bond donors (Lipinski definition) is 0. The molecule has 6 heteroatoms. The van der Waals surface area contributed by atoms with Gasteiger partial charge in [0, 0.05) is 30.1 Å². The molecule has 3 aliphatic rings. The molecule has 158 valence electrons. The zero-order valence-electron chi connectivity index (χ0n) is 17.4. The maximum atomic E-state index is 13.8. The van der Waals surface area contributed by atoms with E-state index < -0.39 is 5.54 Å². The largest absolute Gasteiger partial charge is 0.496 e. The van der Waals surface area contributed by atoms with E-state index in [2.05, 4.69) is 4.90 Å². The van der Waals surface area contributed by atoms with E-state index in [0.29, 0.717) is 17.5 Å². The molecule has 3 aliphatic heterocycles. The number of ether oxygens (including phenoxy) is 2. The van der Waals surface area contributed by atoms with Crippen LogP contribution in [0.2, 0.25) is 5.02 Å². The van der Waals surface area contributed by atoms with E-state index in [0.717, 1.165) is 55.0 Å². The molecule has 30 heavy (non-hydrogen) atoms. The third kappa shape index (κ3) is 2.83. The van der Waals surface area contributed by atoms with Gasteiger partial charge in [-0.1, -0.05) is 29.8 Å². The van der Waals surface area contributed by atoms with Crippen molar-refractivity contribution in [3.05, 3.63) is 58.6 Å². The maximum absolute atomic E-state index is 13.8. The van der Waals surface area contributed by atoms with Gasteiger partial charge >= 0.3 is 0 Å². The molecule has 3 heterocycles. The first-order valence-electron chi connectivity index (χ1n) is 10.6. The molecule has 1 amide bonds. The molecule has 2 aromatic rings. The summed E-state index contributed by atoms with van der Waals surface area (Å²) >= 11 is 6.16. The number of hydrogen-bond acceptors (Lipinski definition) is 4. The molecule has 0 aromatic heterocycles. The van der Waals surface area contributed by atoms with Gasteiger partial charge in [0.05, 0.1) is 19.8 Å². The predicted molar refractivity (Wildman–Crippen MR) is 116 cm³/mol. The van der Waals surface area contributed by atoms with Gasteiger partial charge < -0.3 is 14.4 Å². The second kappa shape index (κ2) is 7.47. The summed E-state index contributed by atoms with van der Waals surface area (Å²) in [5.74, 6) is 2.25. The van der Waals surface area contributed by atoms with E-state index in [1.165, 1.54) is 0 Å². The maximum Gasteiger partial charge on any atom is 0.243 e. The van der Waals surface area contributed by atoms with Crippen molar-refractivity contribution < 1.29 is 14.3 Å². The van der Waals surface area contributed by atoms with Crippen LogP contribution in [0.3, 0.4) is 0 Å². The minimum Gasteiger partial charge on any atom is -0.496 e. The first kappa shape index (κ1) is 19.7. The number of carbonyl (C=O) groups excluding carboxylic acids is 1. The Labute approximate surface area is 182 Å². The van der Waals surface area contributed by atoms with Crippen LogP contribution >= 0.6 is 11.6 Å². The zero-order valence-corrected chi connectivity index (χ0v) is 18.2. The van der Waals surface area contributed by atoms with Gasteiger partial charge in [0.25, 0.3) is 0 Å². The summed E-state index contributed by atoms with van der Waals surface area (Å²) in [6.07, 6.45) is 2.91. The second-order valence-electron chi connectivity index (χ2n) is 8.56. The molecule has 5 nitrogen and oxygen atoms in total. The lowest BCUT2D eigenvalue weighted by Crippen LogP contribution is -2.49. The molecule has 2 aromatic carbocycles. The third-order valence-electron chi connectivity index (χ3n) is 7.19. The lowest BCUT2D eigenvalue weighted by molar-refractivity contribution is -0.137. The average Bonchev–Trinajstić information content (AvgIpc) is 3.38. The fourth-order valence-electron chi connectivity index (χ4n) is 6.05. The Morgan fingerprint density at radius 2 is 1.87 bits per heavy atom. The fraction of sp³-hybridized carbons (Fsp3) is 0.458. The minimum absolute atomic E-state index is 0.140. The van der Waals surface area contributed by atoms with Crippen LogP contribution in [0.1, 0.15) is 36.4 Å². The topological polar surface area (TPSA) is 42.0 Å². The molecule has 0 radical (unpaired) electrons. The van der Waals surface area contributed by atoms with Gasteiger partial charge in [0.2, 0.25) is 5.91 Å². The van der Waals surface area contributed by atoms with Crippen LogP contribution in [-0.4, -0.2) is 48.6 Å². The van der Waals surface area contributed by atoms with Crippen molar-refractivity contribution in [1.82, 2.24) is 9.80 Å². The van der Waals surface area contributed by atoms with Gasteiger partial charge in [0.1, 0.15) is 17.0 Å². The predicted octanol–water partition coefficient (Wildman–Crippen LogP) is 4.30. The van der Waals surface area contributed by atoms with Gasteiger partial charge in [-0.25, -0.2) is 0 Å². The van der Waals surface area contributed by atoms with E-state index in [4.69, 9.17) is 21.1 Å². The molecule has 3 saturated heterocycles. The summed E-state index contributed by atoms with van der Waals surface area (Å²) in [5, 5.41) is 0.711. The van der Waals surface area contributed by atoms with Crippen LogP contribution in [0.4, 0.5) is 0 Å². The number of carbonyl (C=O) groups is 1. The quantitative estimate of drug-likeness (QED) is 0.715. The van der Waals surface area contributed by atoms with Crippen LogP contribution in [0.15, 0.2) is 42.5 Å². The highest BCUT2D eigenvalue weighted by molar-refractivity contribution is 6.30. The first-order valence-corrected chi connectivity index (χ1v) is 11.0. The van der Waals surface area contributed by atoms with Crippen molar-refractivity contribution in [2.24, 2.45) is 5.92 Å². The number of halogens is 1. The Hall–Kier alpha value is -2.24. The number of nitrogens with zero attached hydrogens (tertiary/aromatic N) is 2. The molecule has 3 fully saturated rings. The van der Waals surface area contributed by atoms with Crippen LogP contribution in [0, 0.1) is 5.92 Å². The van der Waals surface area contributed by atoms with Crippen molar-refractivity contribution in [2.45, 2.75) is 37.4 Å². The van der Waals surface area contributed by atoms with Gasteiger partial charge in [-0.15, -0.1) is 0 Å². The van der Waals surface area contributed by atoms with Gasteiger partial charge in [-0.3, -0.25) is 9.69 Å². The van der Waals surface area contributed by atoms with Crippen molar-refractivity contribution in [3.8, 4) is 11.5 Å². The fourth-order valence-corrected chi connectivity index (χ4v) is 6.27. The molecule has 0 bridgehead atoms. The van der Waals surface area contributed by atoms with E-state index in [1.54, 1.807) is 14.2 Å². The Morgan fingerprint density at radius 3 is 2.57 bits per heavy atom. The van der Waals surface area contributed by atoms with E-state index in [1.807, 2.05) is 47.4 Å². The first-order chi connectivity index (χ1) is 14.6. The van der Waals surface area contributed by atoms with Crippen molar-refractivity contribution in [2.75, 3.05) is 27.3 Å². The van der Waals surface area contributed by atoms with Crippen LogP contribution in [0.25, 0.3) is 0 Å². The van der Waals surface area contributed by atoms with E-state index >= 15 is 0 Å². The monoisotopic (exact) mass is 426 g/mol. The Balaban J connectivity index is 1.47. The molecule has 0 saturated carbocycles. The van der Waals surface area contributed by atoms with Crippen LogP contribution < -0.4 is 9.47 Å². The SMILES string of the molecule is COc1cccc(OC)c1[C@@H]1C[C@H]2CN(Cc3cccc(Cl)c3)C(=O)[C@]23CCCN13. The Kier molecular flexibility index (Phi) is 4.91. The molecular weight excluding hydrogens is 400 g/mol. The molecule has 0 unspecified atom stereocenters. The molecule has 5 rings (SSSR count). The number of methoxy groups -OCH3 is 2. The van der Waals surface area contributed by atoms with E-state index in [-0.39, 0.29) is 11.9 Å². The number of benzene rings is 2. The van der Waals surface area contributed by atoms with E-state index in [9.17, 15) is 4.79 Å². The van der Waals surface area contributed by atoms with Crippen molar-refractivity contribution >= 4 is 17.5 Å². The number of likely N-dealkylation sites (tertiary alicyclic amines) is 1. The Bertz CT molecular complexity index is 958. The lowest BCUT2D eigenvalue weighted by atomic mass is 9.85. The van der Waals surface area contributed by atoms with Gasteiger partial charge in [-0.05, 0) is 55.6 Å². The van der Waals surface area contributed by atoms with Gasteiger partial charge in [-0.2, -0.15) is 0 Å². The number of rotatable bonds is 5. The summed E-state index contributed by atoms with van der Waals surface area (Å²) < 4.78 is 11.4. The highest BCUT2D eigenvalue weighted by Crippen LogP contribution is 2.58. The normalized spacial score (nSPS) is 28.0. The van der Waals surface area contributed by atoms with Gasteiger partial charge in [0.15, 0.2) is 0 Å².